The maximum Gasteiger partial charge on any atom is 0.490 e. The van der Waals surface area contributed by atoms with Crippen LogP contribution in [0.5, 0.6) is 11.5 Å². The number of nitrogens with zero attached hydrogens (tertiary/aromatic N) is 2. The molecule has 0 unspecified atom stereocenters. The van der Waals surface area contributed by atoms with Gasteiger partial charge in [-0.2, -0.15) is 13.2 Å². The zero-order valence-electron chi connectivity index (χ0n) is 22.7. The molecule has 0 saturated carbocycles. The number of hydrogen-bond acceptors (Lipinski definition) is 5. The summed E-state index contributed by atoms with van der Waals surface area (Å²) in [5, 5.41) is 7.12. The first-order chi connectivity index (χ1) is 18.4. The van der Waals surface area contributed by atoms with Crippen LogP contribution in [0, 0.1) is 11.3 Å². The third kappa shape index (κ3) is 8.61. The number of likely N-dealkylation sites (tertiary alicyclic amines) is 2. The Morgan fingerprint density at radius 1 is 1.00 bits per heavy atom. The molecule has 2 aliphatic heterocycles. The Bertz CT molecular complexity index is 1100. The van der Waals surface area contributed by atoms with E-state index < -0.39 is 12.1 Å². The summed E-state index contributed by atoms with van der Waals surface area (Å²) in [6, 6.07) is 15.9. The molecule has 214 valence electrons. The van der Waals surface area contributed by atoms with E-state index in [1.807, 2.05) is 29.2 Å². The highest BCUT2D eigenvalue weighted by atomic mass is 19.4. The van der Waals surface area contributed by atoms with Crippen molar-refractivity contribution in [3.8, 4) is 11.5 Å². The molecule has 7 nitrogen and oxygen atoms in total. The molecule has 10 heteroatoms. The Balaban J connectivity index is 0.000000532. The smallest absolute Gasteiger partial charge is 0.490 e. The molecule has 2 fully saturated rings. The summed E-state index contributed by atoms with van der Waals surface area (Å²) < 4.78 is 43.0. The maximum atomic E-state index is 12.9. The van der Waals surface area contributed by atoms with Crippen molar-refractivity contribution < 1.29 is 37.3 Å². The lowest BCUT2D eigenvalue weighted by molar-refractivity contribution is -0.192. The molecular formula is C29H37F3N2O5. The number of carboxylic acid groups (broad SMARTS) is 1. The Hall–Kier alpha value is -3.27. The van der Waals surface area contributed by atoms with Crippen LogP contribution in [0.15, 0.2) is 48.5 Å². The summed E-state index contributed by atoms with van der Waals surface area (Å²) >= 11 is 0. The predicted molar refractivity (Wildman–Crippen MR) is 141 cm³/mol. The fourth-order valence-corrected chi connectivity index (χ4v) is 4.94. The molecule has 2 aliphatic rings. The minimum absolute atomic E-state index is 0.133. The third-order valence-corrected chi connectivity index (χ3v) is 7.15. The number of alkyl halides is 3. The van der Waals surface area contributed by atoms with Crippen LogP contribution in [-0.2, 0) is 11.3 Å². The topological polar surface area (TPSA) is 79.3 Å². The van der Waals surface area contributed by atoms with Gasteiger partial charge >= 0.3 is 12.1 Å². The molecule has 1 amide bonds. The highest BCUT2D eigenvalue weighted by Crippen LogP contribution is 2.41. The minimum atomic E-state index is -5.08. The van der Waals surface area contributed by atoms with Gasteiger partial charge in [-0.05, 0) is 67.5 Å². The number of piperidine rings is 1. The minimum Gasteiger partial charge on any atom is -0.497 e. The van der Waals surface area contributed by atoms with Crippen molar-refractivity contribution in [1.29, 1.82) is 0 Å². The summed E-state index contributed by atoms with van der Waals surface area (Å²) in [6.07, 6.45) is -1.71. The van der Waals surface area contributed by atoms with Crippen molar-refractivity contribution in [3.05, 3.63) is 59.7 Å². The van der Waals surface area contributed by atoms with Crippen molar-refractivity contribution in [2.24, 2.45) is 11.3 Å². The van der Waals surface area contributed by atoms with E-state index in [9.17, 15) is 18.0 Å². The number of benzene rings is 2. The van der Waals surface area contributed by atoms with Gasteiger partial charge in [0.15, 0.2) is 0 Å². The molecule has 2 heterocycles. The molecular weight excluding hydrogens is 513 g/mol. The van der Waals surface area contributed by atoms with Crippen molar-refractivity contribution in [2.75, 3.05) is 39.9 Å². The van der Waals surface area contributed by atoms with Gasteiger partial charge in [0.05, 0.1) is 13.7 Å². The number of hydrogen-bond donors (Lipinski definition) is 1. The molecule has 2 aromatic carbocycles. The van der Waals surface area contributed by atoms with Crippen molar-refractivity contribution in [2.45, 2.75) is 45.8 Å². The Morgan fingerprint density at radius 2 is 1.59 bits per heavy atom. The zero-order chi connectivity index (χ0) is 28.6. The normalized spacial score (nSPS) is 17.1. The van der Waals surface area contributed by atoms with Crippen LogP contribution in [-0.4, -0.2) is 72.9 Å². The van der Waals surface area contributed by atoms with Crippen molar-refractivity contribution in [3.63, 3.8) is 0 Å². The summed E-state index contributed by atoms with van der Waals surface area (Å²) in [6.45, 7) is 9.95. The molecule has 0 bridgehead atoms. The highest BCUT2D eigenvalue weighted by molar-refractivity contribution is 5.94. The second kappa shape index (κ2) is 13.2. The molecule has 2 aromatic rings. The predicted octanol–water partition coefficient (Wildman–Crippen LogP) is 5.49. The molecule has 1 N–H and O–H groups in total. The number of ether oxygens (including phenoxy) is 2. The Kier molecular flexibility index (Phi) is 10.2. The van der Waals surface area contributed by atoms with Crippen LogP contribution in [0.3, 0.4) is 0 Å². The second-order valence-corrected chi connectivity index (χ2v) is 10.6. The van der Waals surface area contributed by atoms with Crippen molar-refractivity contribution >= 4 is 11.9 Å². The molecule has 0 aliphatic carbocycles. The highest BCUT2D eigenvalue weighted by Gasteiger charge is 2.41. The molecule has 2 saturated heterocycles. The number of para-hydroxylation sites is 1. The second-order valence-electron chi connectivity index (χ2n) is 10.6. The first kappa shape index (κ1) is 30.3. The Labute approximate surface area is 227 Å². The fraction of sp³-hybridized carbons (Fsp3) is 0.517. The average Bonchev–Trinajstić information content (AvgIpc) is 3.29. The molecule has 1 spiro atoms. The van der Waals surface area contributed by atoms with Gasteiger partial charge in [0.25, 0.3) is 5.91 Å². The van der Waals surface area contributed by atoms with E-state index in [4.69, 9.17) is 19.4 Å². The summed E-state index contributed by atoms with van der Waals surface area (Å²) in [5.74, 6) is -0.312. The van der Waals surface area contributed by atoms with Gasteiger partial charge in [0, 0.05) is 37.3 Å². The summed E-state index contributed by atoms with van der Waals surface area (Å²) in [4.78, 5) is 26.4. The van der Waals surface area contributed by atoms with E-state index in [0.717, 1.165) is 69.2 Å². The molecule has 39 heavy (non-hydrogen) atoms. The molecule has 0 radical (unpaired) electrons. The van der Waals surface area contributed by atoms with Crippen molar-refractivity contribution in [1.82, 2.24) is 9.80 Å². The number of carbonyl (C=O) groups is 2. The largest absolute Gasteiger partial charge is 0.497 e. The first-order valence-electron chi connectivity index (χ1n) is 13.1. The zero-order valence-corrected chi connectivity index (χ0v) is 22.7. The van der Waals surface area contributed by atoms with Crippen LogP contribution in [0.25, 0.3) is 0 Å². The van der Waals surface area contributed by atoms with Crippen LogP contribution in [0.1, 0.15) is 49.0 Å². The monoisotopic (exact) mass is 550 g/mol. The van der Waals surface area contributed by atoms with Gasteiger partial charge in [0.2, 0.25) is 0 Å². The van der Waals surface area contributed by atoms with Crippen LogP contribution >= 0.6 is 0 Å². The van der Waals surface area contributed by atoms with E-state index >= 15 is 0 Å². The van der Waals surface area contributed by atoms with Gasteiger partial charge in [-0.1, -0.05) is 32.0 Å². The third-order valence-electron chi connectivity index (χ3n) is 7.15. The lowest BCUT2D eigenvalue weighted by Gasteiger charge is -2.39. The molecule has 0 aromatic heterocycles. The van der Waals surface area contributed by atoms with Gasteiger partial charge in [0.1, 0.15) is 11.5 Å². The van der Waals surface area contributed by atoms with E-state index in [2.05, 4.69) is 43.0 Å². The lowest BCUT2D eigenvalue weighted by atomic mass is 9.77. The van der Waals surface area contributed by atoms with Crippen LogP contribution in [0.4, 0.5) is 13.2 Å². The molecule has 4 rings (SSSR count). The maximum absolute atomic E-state index is 12.9. The number of carboxylic acids is 1. The average molecular weight is 551 g/mol. The van der Waals surface area contributed by atoms with E-state index in [-0.39, 0.29) is 5.91 Å². The van der Waals surface area contributed by atoms with E-state index in [1.165, 1.54) is 12.0 Å². The summed E-state index contributed by atoms with van der Waals surface area (Å²) in [5.41, 5.74) is 2.36. The van der Waals surface area contributed by atoms with Gasteiger partial charge in [-0.25, -0.2) is 4.79 Å². The number of amides is 1. The standard InChI is InChI=1S/C27H36N2O3.C2HF3O2/c1-21(2)19-32-25-7-5-4-6-23(25)18-28-15-12-27(20-28)13-16-29(17-14-27)26(30)22-8-10-24(31-3)11-9-22;3-2(4,5)1(6)7/h4-11,21H,12-20H2,1-3H3;(H,6,7). The summed E-state index contributed by atoms with van der Waals surface area (Å²) in [7, 11) is 1.64. The quantitative estimate of drug-likeness (QED) is 0.491. The number of carbonyl (C=O) groups excluding carboxylic acids is 1. The van der Waals surface area contributed by atoms with Gasteiger partial charge in [-0.3, -0.25) is 9.69 Å². The SMILES string of the molecule is COc1ccc(C(=O)N2CCC3(CCN(Cc4ccccc4OCC(C)C)C3)CC2)cc1.O=C(O)C(F)(F)F. The number of aliphatic carboxylic acids is 1. The lowest BCUT2D eigenvalue weighted by Crippen LogP contribution is -2.44. The number of methoxy groups -OCH3 is 1. The first-order valence-corrected chi connectivity index (χ1v) is 13.1. The van der Waals surface area contributed by atoms with E-state index in [1.54, 1.807) is 7.11 Å². The van der Waals surface area contributed by atoms with Gasteiger partial charge in [-0.15, -0.1) is 0 Å². The Morgan fingerprint density at radius 3 is 2.15 bits per heavy atom. The molecule has 0 atom stereocenters. The van der Waals surface area contributed by atoms with E-state index in [0.29, 0.717) is 11.3 Å². The fourth-order valence-electron chi connectivity index (χ4n) is 4.94. The van der Waals surface area contributed by atoms with Gasteiger partial charge < -0.3 is 19.5 Å². The number of halogens is 3. The van der Waals surface area contributed by atoms with Crippen LogP contribution < -0.4 is 9.47 Å². The number of rotatable bonds is 7. The van der Waals surface area contributed by atoms with Crippen LogP contribution in [0.2, 0.25) is 0 Å².